The second kappa shape index (κ2) is 4.95. The van der Waals surface area contributed by atoms with Gasteiger partial charge in [-0.2, -0.15) is 0 Å². The summed E-state index contributed by atoms with van der Waals surface area (Å²) in [6.45, 7) is 4.87. The van der Waals surface area contributed by atoms with Crippen molar-refractivity contribution >= 4 is 11.8 Å². The maximum absolute atomic E-state index is 11.5. The molecule has 1 aliphatic heterocycles. The standard InChI is InChI=1S/C9H17N3O2/c1-8(13)10-7-9(14)12-5-3-11(2)4-6-12/h3-7H2,1-2H3,(H,10,13). The van der Waals surface area contributed by atoms with Crippen molar-refractivity contribution in [1.29, 1.82) is 0 Å². The highest BCUT2D eigenvalue weighted by Crippen LogP contribution is 1.98. The third-order valence-corrected chi connectivity index (χ3v) is 2.34. The molecule has 14 heavy (non-hydrogen) atoms. The largest absolute Gasteiger partial charge is 0.347 e. The van der Waals surface area contributed by atoms with Crippen molar-refractivity contribution in [2.75, 3.05) is 39.8 Å². The smallest absolute Gasteiger partial charge is 0.242 e. The molecular formula is C9H17N3O2. The van der Waals surface area contributed by atoms with Gasteiger partial charge >= 0.3 is 0 Å². The van der Waals surface area contributed by atoms with Crippen LogP contribution in [0.4, 0.5) is 0 Å². The summed E-state index contributed by atoms with van der Waals surface area (Å²) in [4.78, 5) is 26.1. The molecule has 1 fully saturated rings. The number of likely N-dealkylation sites (N-methyl/N-ethyl adjacent to an activating group) is 1. The topological polar surface area (TPSA) is 52.7 Å². The van der Waals surface area contributed by atoms with Crippen LogP contribution in [-0.2, 0) is 9.59 Å². The maximum Gasteiger partial charge on any atom is 0.242 e. The average molecular weight is 199 g/mol. The fraction of sp³-hybridized carbons (Fsp3) is 0.778. The minimum atomic E-state index is -0.160. The minimum absolute atomic E-state index is 0.00769. The van der Waals surface area contributed by atoms with Crippen LogP contribution in [0.25, 0.3) is 0 Å². The third kappa shape index (κ3) is 3.33. The van der Waals surface area contributed by atoms with E-state index in [0.717, 1.165) is 26.2 Å². The van der Waals surface area contributed by atoms with Gasteiger partial charge in [-0.15, -0.1) is 0 Å². The van der Waals surface area contributed by atoms with Crippen LogP contribution in [0, 0.1) is 0 Å². The van der Waals surface area contributed by atoms with Crippen molar-refractivity contribution < 1.29 is 9.59 Å². The van der Waals surface area contributed by atoms with Crippen molar-refractivity contribution in [3.63, 3.8) is 0 Å². The van der Waals surface area contributed by atoms with Gasteiger partial charge in [0, 0.05) is 33.1 Å². The number of rotatable bonds is 2. The average Bonchev–Trinajstić information content (AvgIpc) is 2.15. The Bertz CT molecular complexity index is 222. The molecule has 1 rings (SSSR count). The SMILES string of the molecule is CC(=O)NCC(=O)N1CCN(C)CC1. The van der Waals surface area contributed by atoms with Gasteiger partial charge in [0.25, 0.3) is 0 Å². The molecule has 1 saturated heterocycles. The number of piperazine rings is 1. The predicted molar refractivity (Wildman–Crippen MR) is 52.8 cm³/mol. The Labute approximate surface area is 84.0 Å². The first-order chi connectivity index (χ1) is 6.59. The summed E-state index contributed by atoms with van der Waals surface area (Å²) in [7, 11) is 2.04. The van der Waals surface area contributed by atoms with Crippen LogP contribution in [0.5, 0.6) is 0 Å². The van der Waals surface area contributed by atoms with Gasteiger partial charge in [-0.3, -0.25) is 9.59 Å². The molecule has 0 aromatic heterocycles. The Balaban J connectivity index is 2.27. The molecule has 1 heterocycles. The molecule has 5 nitrogen and oxygen atoms in total. The van der Waals surface area contributed by atoms with E-state index in [0.29, 0.717) is 0 Å². The van der Waals surface area contributed by atoms with Crippen molar-refractivity contribution in [1.82, 2.24) is 15.1 Å². The van der Waals surface area contributed by atoms with Crippen molar-refractivity contribution in [3.05, 3.63) is 0 Å². The van der Waals surface area contributed by atoms with Crippen LogP contribution in [-0.4, -0.2) is 61.4 Å². The molecule has 0 atom stereocenters. The van der Waals surface area contributed by atoms with Crippen LogP contribution in [0.2, 0.25) is 0 Å². The van der Waals surface area contributed by atoms with Gasteiger partial charge in [0.15, 0.2) is 0 Å². The first-order valence-corrected chi connectivity index (χ1v) is 4.80. The maximum atomic E-state index is 11.5. The van der Waals surface area contributed by atoms with Crippen molar-refractivity contribution in [2.24, 2.45) is 0 Å². The number of nitrogens with one attached hydrogen (secondary N) is 1. The van der Waals surface area contributed by atoms with Gasteiger partial charge in [-0.1, -0.05) is 0 Å². The van der Waals surface area contributed by atoms with Crippen molar-refractivity contribution in [2.45, 2.75) is 6.92 Å². The highest BCUT2D eigenvalue weighted by Gasteiger charge is 2.18. The van der Waals surface area contributed by atoms with Crippen LogP contribution >= 0.6 is 0 Å². The van der Waals surface area contributed by atoms with Gasteiger partial charge in [-0.25, -0.2) is 0 Å². The highest BCUT2D eigenvalue weighted by molar-refractivity contribution is 5.83. The zero-order valence-corrected chi connectivity index (χ0v) is 8.75. The van der Waals surface area contributed by atoms with E-state index in [2.05, 4.69) is 10.2 Å². The Kier molecular flexibility index (Phi) is 3.88. The Morgan fingerprint density at radius 1 is 1.21 bits per heavy atom. The quantitative estimate of drug-likeness (QED) is 0.614. The zero-order chi connectivity index (χ0) is 10.6. The highest BCUT2D eigenvalue weighted by atomic mass is 16.2. The summed E-state index contributed by atoms with van der Waals surface area (Å²) >= 11 is 0. The molecule has 1 aliphatic rings. The second-order valence-corrected chi connectivity index (χ2v) is 3.59. The summed E-state index contributed by atoms with van der Waals surface area (Å²) in [5, 5.41) is 2.51. The molecular weight excluding hydrogens is 182 g/mol. The third-order valence-electron chi connectivity index (χ3n) is 2.34. The lowest BCUT2D eigenvalue weighted by Gasteiger charge is -2.32. The van der Waals surface area contributed by atoms with E-state index in [4.69, 9.17) is 0 Å². The Hall–Kier alpha value is -1.10. The number of hydrogen-bond donors (Lipinski definition) is 1. The molecule has 2 amide bonds. The van der Waals surface area contributed by atoms with E-state index in [1.807, 2.05) is 7.05 Å². The van der Waals surface area contributed by atoms with Crippen LogP contribution < -0.4 is 5.32 Å². The Morgan fingerprint density at radius 3 is 2.29 bits per heavy atom. The first kappa shape index (κ1) is 11.0. The van der Waals surface area contributed by atoms with Crippen LogP contribution in [0.1, 0.15) is 6.92 Å². The summed E-state index contributed by atoms with van der Waals surface area (Å²) in [6, 6.07) is 0. The number of amides is 2. The van der Waals surface area contributed by atoms with Gasteiger partial charge in [-0.05, 0) is 7.05 Å². The summed E-state index contributed by atoms with van der Waals surface area (Å²) in [5.41, 5.74) is 0. The number of nitrogens with zero attached hydrogens (tertiary/aromatic N) is 2. The lowest BCUT2D eigenvalue weighted by atomic mass is 10.3. The molecule has 0 bridgehead atoms. The number of carbonyl (C=O) groups excluding carboxylic acids is 2. The predicted octanol–water partition coefficient (Wildman–Crippen LogP) is -1.10. The molecule has 0 aromatic carbocycles. The van der Waals surface area contributed by atoms with Gasteiger partial charge in [0.05, 0.1) is 6.54 Å². The number of hydrogen-bond acceptors (Lipinski definition) is 3. The van der Waals surface area contributed by atoms with Crippen molar-refractivity contribution in [3.8, 4) is 0 Å². The monoisotopic (exact) mass is 199 g/mol. The Morgan fingerprint density at radius 2 is 1.79 bits per heavy atom. The lowest BCUT2D eigenvalue weighted by Crippen LogP contribution is -2.49. The van der Waals surface area contributed by atoms with Crippen LogP contribution in [0.15, 0.2) is 0 Å². The molecule has 80 valence electrons. The minimum Gasteiger partial charge on any atom is -0.347 e. The zero-order valence-electron chi connectivity index (χ0n) is 8.75. The van der Waals surface area contributed by atoms with Gasteiger partial charge in [0.2, 0.25) is 11.8 Å². The molecule has 0 radical (unpaired) electrons. The van der Waals surface area contributed by atoms with E-state index in [1.165, 1.54) is 6.92 Å². The fourth-order valence-corrected chi connectivity index (χ4v) is 1.37. The molecule has 0 unspecified atom stereocenters. The molecule has 5 heteroatoms. The fourth-order valence-electron chi connectivity index (χ4n) is 1.37. The van der Waals surface area contributed by atoms with E-state index in [-0.39, 0.29) is 18.4 Å². The molecule has 0 spiro atoms. The number of carbonyl (C=O) groups is 2. The molecule has 0 aromatic rings. The van der Waals surface area contributed by atoms with E-state index < -0.39 is 0 Å². The normalized spacial score (nSPS) is 18.0. The molecule has 0 saturated carbocycles. The van der Waals surface area contributed by atoms with Crippen LogP contribution in [0.3, 0.4) is 0 Å². The molecule has 1 N–H and O–H groups in total. The van der Waals surface area contributed by atoms with E-state index >= 15 is 0 Å². The second-order valence-electron chi connectivity index (χ2n) is 3.59. The van der Waals surface area contributed by atoms with Gasteiger partial charge in [0.1, 0.15) is 0 Å². The van der Waals surface area contributed by atoms with E-state index in [9.17, 15) is 9.59 Å². The molecule has 0 aliphatic carbocycles. The summed E-state index contributed by atoms with van der Waals surface area (Å²) < 4.78 is 0. The van der Waals surface area contributed by atoms with Gasteiger partial charge < -0.3 is 15.1 Å². The first-order valence-electron chi connectivity index (χ1n) is 4.80. The lowest BCUT2D eigenvalue weighted by molar-refractivity contribution is -0.133. The summed E-state index contributed by atoms with van der Waals surface area (Å²) in [6.07, 6.45) is 0. The summed E-state index contributed by atoms with van der Waals surface area (Å²) in [5.74, 6) is -0.152. The van der Waals surface area contributed by atoms with E-state index in [1.54, 1.807) is 4.90 Å².